The molecule has 0 amide bonds. The molecule has 2 heterocycles. The Morgan fingerprint density at radius 1 is 1.56 bits per heavy atom. The molecule has 0 aliphatic rings. The van der Waals surface area contributed by atoms with Crippen LogP contribution in [0.2, 0.25) is 0 Å². The molecule has 0 fully saturated rings. The summed E-state index contributed by atoms with van der Waals surface area (Å²) in [6.07, 6.45) is 3.48. The Hall–Kier alpha value is -1.07. The summed E-state index contributed by atoms with van der Waals surface area (Å²) in [7, 11) is 1.94. The molecule has 2 aromatic rings. The Balaban J connectivity index is 1.97. The van der Waals surface area contributed by atoms with Gasteiger partial charge in [-0.2, -0.15) is 5.10 Å². The van der Waals surface area contributed by atoms with E-state index < -0.39 is 0 Å². The summed E-state index contributed by atoms with van der Waals surface area (Å²) >= 11 is 3.45. The number of aromatic nitrogens is 2. The summed E-state index contributed by atoms with van der Waals surface area (Å²) in [4.78, 5) is 0. The van der Waals surface area contributed by atoms with E-state index in [1.165, 1.54) is 0 Å². The van der Waals surface area contributed by atoms with Gasteiger partial charge in [-0.1, -0.05) is 0 Å². The van der Waals surface area contributed by atoms with Crippen LogP contribution in [0.25, 0.3) is 0 Å². The number of nitrogens with one attached hydrogen (secondary N) is 1. The van der Waals surface area contributed by atoms with Crippen molar-refractivity contribution < 1.29 is 4.42 Å². The van der Waals surface area contributed by atoms with Gasteiger partial charge in [0.25, 0.3) is 0 Å². The van der Waals surface area contributed by atoms with Crippen LogP contribution in [0, 0.1) is 0 Å². The van der Waals surface area contributed by atoms with Crippen LogP contribution in [-0.4, -0.2) is 9.78 Å². The van der Waals surface area contributed by atoms with Crippen LogP contribution in [0.15, 0.2) is 33.5 Å². The topological polar surface area (TPSA) is 43.0 Å². The van der Waals surface area contributed by atoms with Crippen LogP contribution in [0.4, 0.5) is 0 Å². The van der Waals surface area contributed by atoms with E-state index in [9.17, 15) is 0 Å². The highest BCUT2D eigenvalue weighted by Crippen LogP contribution is 2.24. The zero-order valence-electron chi connectivity index (χ0n) is 9.27. The van der Waals surface area contributed by atoms with Crippen molar-refractivity contribution in [3.05, 3.63) is 40.5 Å². The molecule has 1 atom stereocenters. The molecule has 0 saturated carbocycles. The molecule has 0 bridgehead atoms. The van der Waals surface area contributed by atoms with Gasteiger partial charge in [-0.3, -0.25) is 4.68 Å². The number of hydrogen-bond donors (Lipinski definition) is 1. The molecule has 0 aliphatic carbocycles. The van der Waals surface area contributed by atoms with Gasteiger partial charge in [-0.15, -0.1) is 0 Å². The lowest BCUT2D eigenvalue weighted by Gasteiger charge is -2.11. The van der Waals surface area contributed by atoms with Gasteiger partial charge < -0.3 is 9.73 Å². The molecule has 0 aromatic carbocycles. The Kier molecular flexibility index (Phi) is 3.46. The summed E-state index contributed by atoms with van der Waals surface area (Å²) in [6, 6.07) is 4.06. The fraction of sp³-hybridized carbons (Fsp3) is 0.364. The predicted molar refractivity (Wildman–Crippen MR) is 64.9 cm³/mol. The quantitative estimate of drug-likeness (QED) is 0.938. The number of nitrogens with zero attached hydrogens (tertiary/aromatic N) is 2. The van der Waals surface area contributed by atoms with Crippen molar-refractivity contribution in [1.82, 2.24) is 15.1 Å². The van der Waals surface area contributed by atoms with Crippen molar-refractivity contribution in [3.63, 3.8) is 0 Å². The van der Waals surface area contributed by atoms with E-state index in [-0.39, 0.29) is 6.04 Å². The lowest BCUT2D eigenvalue weighted by molar-refractivity contribution is 0.423. The lowest BCUT2D eigenvalue weighted by atomic mass is 10.2. The number of aryl methyl sites for hydroxylation is 1. The van der Waals surface area contributed by atoms with Gasteiger partial charge in [0, 0.05) is 19.8 Å². The molecule has 16 heavy (non-hydrogen) atoms. The third kappa shape index (κ3) is 2.36. The second-order valence-corrected chi connectivity index (χ2v) is 4.54. The average molecular weight is 284 g/mol. The molecular formula is C11H14BrN3O. The molecule has 5 heteroatoms. The summed E-state index contributed by atoms with van der Waals surface area (Å²) in [5.41, 5.74) is 1.15. The van der Waals surface area contributed by atoms with Gasteiger partial charge in [-0.05, 0) is 35.0 Å². The first-order chi connectivity index (χ1) is 7.68. The third-order valence-corrected chi connectivity index (χ3v) is 3.20. The second-order valence-electron chi connectivity index (χ2n) is 3.68. The predicted octanol–water partition coefficient (Wildman–Crippen LogP) is 2.63. The highest BCUT2D eigenvalue weighted by molar-refractivity contribution is 9.10. The van der Waals surface area contributed by atoms with Crippen molar-refractivity contribution in [2.75, 3.05) is 0 Å². The maximum absolute atomic E-state index is 5.39. The molecule has 2 rings (SSSR count). The van der Waals surface area contributed by atoms with Crippen LogP contribution in [0.1, 0.15) is 24.4 Å². The van der Waals surface area contributed by atoms with E-state index >= 15 is 0 Å². The van der Waals surface area contributed by atoms with Crippen LogP contribution in [0.3, 0.4) is 0 Å². The van der Waals surface area contributed by atoms with E-state index in [2.05, 4.69) is 33.3 Å². The van der Waals surface area contributed by atoms with Crippen molar-refractivity contribution in [2.45, 2.75) is 19.5 Å². The van der Waals surface area contributed by atoms with Crippen LogP contribution >= 0.6 is 15.9 Å². The Bertz CT molecular complexity index is 463. The fourth-order valence-corrected chi connectivity index (χ4v) is 2.08. The van der Waals surface area contributed by atoms with Crippen molar-refractivity contribution >= 4 is 15.9 Å². The first-order valence-electron chi connectivity index (χ1n) is 5.11. The highest BCUT2D eigenvalue weighted by Gasteiger charge is 2.12. The molecule has 0 saturated heterocycles. The van der Waals surface area contributed by atoms with E-state index in [1.807, 2.05) is 23.9 Å². The smallest absolute Gasteiger partial charge is 0.134 e. The zero-order valence-corrected chi connectivity index (χ0v) is 10.9. The van der Waals surface area contributed by atoms with E-state index in [0.717, 1.165) is 22.5 Å². The van der Waals surface area contributed by atoms with Crippen molar-refractivity contribution in [1.29, 1.82) is 0 Å². The number of rotatable bonds is 4. The van der Waals surface area contributed by atoms with Gasteiger partial charge in [0.05, 0.1) is 22.5 Å². The van der Waals surface area contributed by atoms with E-state index in [1.54, 1.807) is 12.5 Å². The molecule has 0 radical (unpaired) electrons. The molecular weight excluding hydrogens is 270 g/mol. The fourth-order valence-electron chi connectivity index (χ4n) is 1.54. The molecule has 1 unspecified atom stereocenters. The SMILES string of the molecule is CC(NCc1ccnn1C)c1occc1Br. The monoisotopic (exact) mass is 283 g/mol. The maximum Gasteiger partial charge on any atom is 0.134 e. The van der Waals surface area contributed by atoms with E-state index in [0.29, 0.717) is 0 Å². The summed E-state index contributed by atoms with van der Waals surface area (Å²) < 4.78 is 8.25. The van der Waals surface area contributed by atoms with Gasteiger partial charge in [0.2, 0.25) is 0 Å². The second kappa shape index (κ2) is 4.84. The Morgan fingerprint density at radius 3 is 2.94 bits per heavy atom. The minimum absolute atomic E-state index is 0.166. The maximum atomic E-state index is 5.39. The Morgan fingerprint density at radius 2 is 2.38 bits per heavy atom. The molecule has 2 aromatic heterocycles. The first kappa shape index (κ1) is 11.4. The normalized spacial score (nSPS) is 12.9. The first-order valence-corrected chi connectivity index (χ1v) is 5.91. The van der Waals surface area contributed by atoms with E-state index in [4.69, 9.17) is 4.42 Å². The summed E-state index contributed by atoms with van der Waals surface area (Å²) in [5, 5.41) is 7.50. The summed E-state index contributed by atoms with van der Waals surface area (Å²) in [5.74, 6) is 0.919. The summed E-state index contributed by atoms with van der Waals surface area (Å²) in [6.45, 7) is 2.84. The average Bonchev–Trinajstić information content (AvgIpc) is 2.84. The molecule has 0 aliphatic heterocycles. The zero-order chi connectivity index (χ0) is 11.5. The van der Waals surface area contributed by atoms with Crippen LogP contribution < -0.4 is 5.32 Å². The Labute approximate surface area is 103 Å². The van der Waals surface area contributed by atoms with Crippen LogP contribution in [-0.2, 0) is 13.6 Å². The lowest BCUT2D eigenvalue weighted by Crippen LogP contribution is -2.19. The van der Waals surface area contributed by atoms with Crippen molar-refractivity contribution in [2.24, 2.45) is 7.05 Å². The third-order valence-electron chi connectivity index (χ3n) is 2.55. The van der Waals surface area contributed by atoms with Gasteiger partial charge >= 0.3 is 0 Å². The number of halogens is 1. The molecule has 86 valence electrons. The molecule has 1 N–H and O–H groups in total. The molecule has 0 spiro atoms. The van der Waals surface area contributed by atoms with Crippen LogP contribution in [0.5, 0.6) is 0 Å². The van der Waals surface area contributed by atoms with Gasteiger partial charge in [0.1, 0.15) is 5.76 Å². The minimum atomic E-state index is 0.166. The van der Waals surface area contributed by atoms with Gasteiger partial charge in [-0.25, -0.2) is 0 Å². The minimum Gasteiger partial charge on any atom is -0.466 e. The standard InChI is InChI=1S/C11H14BrN3O/c1-8(11-10(12)4-6-16-11)13-7-9-3-5-14-15(9)2/h3-6,8,13H,7H2,1-2H3. The largest absolute Gasteiger partial charge is 0.466 e. The highest BCUT2D eigenvalue weighted by atomic mass is 79.9. The number of hydrogen-bond acceptors (Lipinski definition) is 3. The molecule has 4 nitrogen and oxygen atoms in total. The van der Waals surface area contributed by atoms with Gasteiger partial charge in [0.15, 0.2) is 0 Å². The number of furan rings is 1. The van der Waals surface area contributed by atoms with Crippen molar-refractivity contribution in [3.8, 4) is 0 Å².